The molecule has 0 unspecified atom stereocenters. The summed E-state index contributed by atoms with van der Waals surface area (Å²) in [6, 6.07) is 5.42. The Labute approximate surface area is 114 Å². The van der Waals surface area contributed by atoms with Crippen molar-refractivity contribution >= 4 is 17.3 Å². The highest BCUT2D eigenvalue weighted by atomic mass is 32.1. The summed E-state index contributed by atoms with van der Waals surface area (Å²) in [6.07, 6.45) is -0.0806. The van der Waals surface area contributed by atoms with Gasteiger partial charge in [0.15, 0.2) is 0 Å². The van der Waals surface area contributed by atoms with E-state index in [9.17, 15) is 4.79 Å². The lowest BCUT2D eigenvalue weighted by molar-refractivity contribution is -0.136. The number of hydrogen-bond donors (Lipinski definition) is 1. The summed E-state index contributed by atoms with van der Waals surface area (Å²) in [5.74, 6) is 0.484. The van der Waals surface area contributed by atoms with Crippen molar-refractivity contribution < 1.29 is 19.4 Å². The van der Waals surface area contributed by atoms with E-state index in [-0.39, 0.29) is 6.42 Å². The standard InChI is InChI=1S/C13H13NO4S/c1-17-9-3-4-11(18-2)10(6-9)13-14-8(7-19-13)5-12(15)16/h3-4,6-7H,5H2,1-2H3,(H,15,16). The number of carboxylic acid groups (broad SMARTS) is 1. The summed E-state index contributed by atoms with van der Waals surface area (Å²) >= 11 is 1.38. The largest absolute Gasteiger partial charge is 0.497 e. The molecule has 1 heterocycles. The van der Waals surface area contributed by atoms with Crippen LogP contribution < -0.4 is 9.47 Å². The van der Waals surface area contributed by atoms with Crippen LogP contribution in [0.5, 0.6) is 11.5 Å². The molecule has 100 valence electrons. The molecule has 5 nitrogen and oxygen atoms in total. The number of ether oxygens (including phenoxy) is 2. The second-order valence-electron chi connectivity index (χ2n) is 3.78. The second kappa shape index (κ2) is 5.71. The van der Waals surface area contributed by atoms with Gasteiger partial charge in [0.25, 0.3) is 0 Å². The third-order valence-electron chi connectivity index (χ3n) is 2.52. The molecule has 1 N–H and O–H groups in total. The van der Waals surface area contributed by atoms with Gasteiger partial charge < -0.3 is 14.6 Å². The van der Waals surface area contributed by atoms with E-state index in [2.05, 4.69) is 4.98 Å². The Morgan fingerprint density at radius 3 is 2.79 bits per heavy atom. The molecule has 0 radical (unpaired) electrons. The van der Waals surface area contributed by atoms with E-state index in [1.807, 2.05) is 6.07 Å². The van der Waals surface area contributed by atoms with Gasteiger partial charge in [-0.2, -0.15) is 0 Å². The fourth-order valence-corrected chi connectivity index (χ4v) is 2.49. The number of carbonyl (C=O) groups is 1. The van der Waals surface area contributed by atoms with Gasteiger partial charge in [-0.25, -0.2) is 4.98 Å². The quantitative estimate of drug-likeness (QED) is 0.910. The minimum atomic E-state index is -0.894. The molecule has 1 aromatic carbocycles. The molecule has 1 aromatic heterocycles. The van der Waals surface area contributed by atoms with E-state index < -0.39 is 5.97 Å². The molecule has 0 aliphatic carbocycles. The molecule has 2 aromatic rings. The Bertz CT molecular complexity index is 594. The van der Waals surface area contributed by atoms with Gasteiger partial charge in [-0.3, -0.25) is 4.79 Å². The third kappa shape index (κ3) is 3.03. The second-order valence-corrected chi connectivity index (χ2v) is 4.64. The van der Waals surface area contributed by atoms with Crippen LogP contribution in [0.4, 0.5) is 0 Å². The van der Waals surface area contributed by atoms with Crippen LogP contribution in [0.25, 0.3) is 10.6 Å². The molecule has 0 atom stereocenters. The lowest BCUT2D eigenvalue weighted by Gasteiger charge is -2.08. The van der Waals surface area contributed by atoms with Crippen LogP contribution in [0.1, 0.15) is 5.69 Å². The lowest BCUT2D eigenvalue weighted by atomic mass is 10.2. The zero-order valence-corrected chi connectivity index (χ0v) is 11.4. The number of rotatable bonds is 5. The molecule has 0 aliphatic heterocycles. The molecule has 0 bridgehead atoms. The van der Waals surface area contributed by atoms with Gasteiger partial charge in [-0.1, -0.05) is 0 Å². The van der Waals surface area contributed by atoms with Gasteiger partial charge in [-0.05, 0) is 18.2 Å². The van der Waals surface area contributed by atoms with Gasteiger partial charge in [0, 0.05) is 5.38 Å². The zero-order chi connectivity index (χ0) is 13.8. The number of aromatic nitrogens is 1. The Morgan fingerprint density at radius 1 is 1.37 bits per heavy atom. The highest BCUT2D eigenvalue weighted by molar-refractivity contribution is 7.13. The number of carboxylic acids is 1. The molecule has 6 heteroatoms. The van der Waals surface area contributed by atoms with Crippen LogP contribution in [-0.4, -0.2) is 30.3 Å². The fraction of sp³-hybridized carbons (Fsp3) is 0.231. The maximum absolute atomic E-state index is 10.7. The van der Waals surface area contributed by atoms with E-state index in [1.165, 1.54) is 11.3 Å². The average Bonchev–Trinajstić information content (AvgIpc) is 2.85. The van der Waals surface area contributed by atoms with E-state index in [0.717, 1.165) is 5.56 Å². The lowest BCUT2D eigenvalue weighted by Crippen LogP contribution is -2.00. The van der Waals surface area contributed by atoms with E-state index in [0.29, 0.717) is 22.2 Å². The zero-order valence-electron chi connectivity index (χ0n) is 10.5. The Morgan fingerprint density at radius 2 is 2.16 bits per heavy atom. The molecule has 0 fully saturated rings. The first-order valence-corrected chi connectivity index (χ1v) is 6.40. The average molecular weight is 279 g/mol. The minimum absolute atomic E-state index is 0.0806. The number of hydrogen-bond acceptors (Lipinski definition) is 5. The predicted molar refractivity (Wildman–Crippen MR) is 72.0 cm³/mol. The van der Waals surface area contributed by atoms with Crippen molar-refractivity contribution in [1.82, 2.24) is 4.98 Å². The number of benzene rings is 1. The summed E-state index contributed by atoms with van der Waals surface area (Å²) < 4.78 is 10.5. The molecular formula is C13H13NO4S. The monoisotopic (exact) mass is 279 g/mol. The van der Waals surface area contributed by atoms with Crippen molar-refractivity contribution in [3.05, 3.63) is 29.3 Å². The molecule has 2 rings (SSSR count). The summed E-state index contributed by atoms with van der Waals surface area (Å²) in [6.45, 7) is 0. The summed E-state index contributed by atoms with van der Waals surface area (Å²) in [5, 5.41) is 11.2. The molecule has 0 saturated heterocycles. The highest BCUT2D eigenvalue weighted by Gasteiger charge is 2.13. The van der Waals surface area contributed by atoms with Crippen LogP contribution in [0, 0.1) is 0 Å². The van der Waals surface area contributed by atoms with Crippen molar-refractivity contribution in [1.29, 1.82) is 0 Å². The summed E-state index contributed by atoms with van der Waals surface area (Å²) in [4.78, 5) is 15.0. The third-order valence-corrected chi connectivity index (χ3v) is 3.45. The Hall–Kier alpha value is -2.08. The van der Waals surface area contributed by atoms with Crippen LogP contribution in [0.2, 0.25) is 0 Å². The predicted octanol–water partition coefficient (Wildman–Crippen LogP) is 2.45. The first-order chi connectivity index (χ1) is 9.13. The van der Waals surface area contributed by atoms with Gasteiger partial charge in [0.1, 0.15) is 16.5 Å². The van der Waals surface area contributed by atoms with Crippen molar-refractivity contribution in [2.75, 3.05) is 14.2 Å². The van der Waals surface area contributed by atoms with Crippen molar-refractivity contribution in [3.63, 3.8) is 0 Å². The Balaban J connectivity index is 2.39. The maximum atomic E-state index is 10.7. The highest BCUT2D eigenvalue weighted by Crippen LogP contribution is 2.35. The van der Waals surface area contributed by atoms with E-state index in [4.69, 9.17) is 14.6 Å². The summed E-state index contributed by atoms with van der Waals surface area (Å²) in [5.41, 5.74) is 1.33. The maximum Gasteiger partial charge on any atom is 0.309 e. The van der Waals surface area contributed by atoms with Gasteiger partial charge in [0.2, 0.25) is 0 Å². The van der Waals surface area contributed by atoms with Crippen LogP contribution in [0.15, 0.2) is 23.6 Å². The first-order valence-electron chi connectivity index (χ1n) is 5.52. The number of thiazole rings is 1. The molecule has 0 amide bonds. The number of nitrogens with zero attached hydrogens (tertiary/aromatic N) is 1. The number of methoxy groups -OCH3 is 2. The Kier molecular flexibility index (Phi) is 4.01. The minimum Gasteiger partial charge on any atom is -0.497 e. The van der Waals surface area contributed by atoms with Gasteiger partial charge in [-0.15, -0.1) is 11.3 Å². The molecule has 0 aliphatic rings. The van der Waals surface area contributed by atoms with Gasteiger partial charge >= 0.3 is 5.97 Å². The molecular weight excluding hydrogens is 266 g/mol. The fourth-order valence-electron chi connectivity index (χ4n) is 1.65. The molecule has 19 heavy (non-hydrogen) atoms. The first kappa shape index (κ1) is 13.4. The van der Waals surface area contributed by atoms with Gasteiger partial charge in [0.05, 0.1) is 31.9 Å². The topological polar surface area (TPSA) is 68.7 Å². The van der Waals surface area contributed by atoms with Crippen LogP contribution >= 0.6 is 11.3 Å². The normalized spacial score (nSPS) is 10.2. The summed E-state index contributed by atoms with van der Waals surface area (Å²) in [7, 11) is 3.17. The van der Waals surface area contributed by atoms with E-state index in [1.54, 1.807) is 31.7 Å². The van der Waals surface area contributed by atoms with Crippen LogP contribution in [-0.2, 0) is 11.2 Å². The van der Waals surface area contributed by atoms with Crippen LogP contribution in [0.3, 0.4) is 0 Å². The van der Waals surface area contributed by atoms with E-state index >= 15 is 0 Å². The molecule has 0 saturated carbocycles. The van der Waals surface area contributed by atoms with Crippen molar-refractivity contribution in [2.45, 2.75) is 6.42 Å². The smallest absolute Gasteiger partial charge is 0.309 e. The van der Waals surface area contributed by atoms with Crippen molar-refractivity contribution in [2.24, 2.45) is 0 Å². The number of aliphatic carboxylic acids is 1. The van der Waals surface area contributed by atoms with Crippen molar-refractivity contribution in [3.8, 4) is 22.1 Å². The SMILES string of the molecule is COc1ccc(OC)c(-c2nc(CC(=O)O)cs2)c1. The molecule has 0 spiro atoms.